The minimum atomic E-state index is 0.955. The van der Waals surface area contributed by atoms with Gasteiger partial charge in [-0.05, 0) is 26.4 Å². The molecule has 0 saturated carbocycles. The fourth-order valence-electron chi connectivity index (χ4n) is 1.24. The van der Waals surface area contributed by atoms with Gasteiger partial charge in [0.05, 0.1) is 0 Å². The fourth-order valence-corrected chi connectivity index (χ4v) is 1.24. The summed E-state index contributed by atoms with van der Waals surface area (Å²) in [6.45, 7) is 1.16. The molecule has 0 radical (unpaired) electrons. The summed E-state index contributed by atoms with van der Waals surface area (Å²) in [6, 6.07) is 0. The molecule has 0 spiro atoms. The minimum absolute atomic E-state index is 0.955. The van der Waals surface area contributed by atoms with Crippen LogP contribution in [0.2, 0.25) is 0 Å². The lowest BCUT2D eigenvalue weighted by Crippen LogP contribution is -2.06. The number of rotatable bonds is 8. The van der Waals surface area contributed by atoms with E-state index in [1.165, 1.54) is 38.5 Å². The minimum Gasteiger partial charge on any atom is -0.320 e. The Hall–Kier alpha value is -0.480. The van der Waals surface area contributed by atoms with Crippen molar-refractivity contribution < 1.29 is 0 Å². The van der Waals surface area contributed by atoms with Crippen molar-refractivity contribution in [2.75, 3.05) is 13.6 Å². The lowest BCUT2D eigenvalue weighted by Gasteiger charge is -1.99. The van der Waals surface area contributed by atoms with Gasteiger partial charge in [0.15, 0.2) is 0 Å². The number of hydrogen-bond acceptors (Lipinski definition) is 1. The van der Waals surface area contributed by atoms with Crippen molar-refractivity contribution >= 4 is 0 Å². The van der Waals surface area contributed by atoms with Crippen LogP contribution in [0, 0.1) is 12.3 Å². The number of terminal acetylenes is 1. The predicted octanol–water partition coefficient (Wildman–Crippen LogP) is 2.57. The molecule has 0 aliphatic heterocycles. The van der Waals surface area contributed by atoms with Gasteiger partial charge in [-0.1, -0.05) is 25.7 Å². The molecular weight excluding hydrogens is 146 g/mol. The van der Waals surface area contributed by atoms with E-state index in [1.807, 2.05) is 7.05 Å². The number of nitrogens with one attached hydrogen (secondary N) is 1. The molecule has 0 fully saturated rings. The second-order valence-electron chi connectivity index (χ2n) is 3.18. The average Bonchev–Trinajstić information content (AvgIpc) is 2.10. The summed E-state index contributed by atoms with van der Waals surface area (Å²) in [5.74, 6) is 2.67. The molecule has 0 aromatic heterocycles. The molecule has 0 rings (SSSR count). The predicted molar refractivity (Wildman–Crippen MR) is 55.1 cm³/mol. The van der Waals surface area contributed by atoms with E-state index in [4.69, 9.17) is 6.42 Å². The molecule has 70 valence electrons. The largest absolute Gasteiger partial charge is 0.320 e. The van der Waals surface area contributed by atoms with E-state index >= 15 is 0 Å². The van der Waals surface area contributed by atoms with Crippen LogP contribution in [0.1, 0.15) is 44.9 Å². The lowest BCUT2D eigenvalue weighted by molar-refractivity contribution is 0.586. The smallest absolute Gasteiger partial charge is 0.00860 e. The van der Waals surface area contributed by atoms with Gasteiger partial charge < -0.3 is 5.32 Å². The molecule has 0 heterocycles. The molecular formula is C11H21N. The highest BCUT2D eigenvalue weighted by atomic mass is 14.8. The molecule has 0 unspecified atom stereocenters. The van der Waals surface area contributed by atoms with E-state index in [2.05, 4.69) is 11.2 Å². The molecule has 0 saturated heterocycles. The van der Waals surface area contributed by atoms with Gasteiger partial charge in [-0.25, -0.2) is 0 Å². The van der Waals surface area contributed by atoms with E-state index in [0.29, 0.717) is 0 Å². The Morgan fingerprint density at radius 2 is 1.58 bits per heavy atom. The normalized spacial score (nSPS) is 9.67. The van der Waals surface area contributed by atoms with Crippen LogP contribution in [-0.2, 0) is 0 Å². The maximum atomic E-state index is 5.15. The number of unbranched alkanes of at least 4 members (excludes halogenated alkanes) is 6. The van der Waals surface area contributed by atoms with Crippen molar-refractivity contribution in [2.45, 2.75) is 44.9 Å². The van der Waals surface area contributed by atoms with Crippen LogP contribution in [0.25, 0.3) is 0 Å². The van der Waals surface area contributed by atoms with Gasteiger partial charge in [0.25, 0.3) is 0 Å². The molecule has 12 heavy (non-hydrogen) atoms. The Morgan fingerprint density at radius 3 is 2.17 bits per heavy atom. The summed E-state index contributed by atoms with van der Waals surface area (Å²) in [5, 5.41) is 3.15. The Labute approximate surface area is 76.9 Å². The van der Waals surface area contributed by atoms with Crippen molar-refractivity contribution in [3.8, 4) is 12.3 Å². The summed E-state index contributed by atoms with van der Waals surface area (Å²) >= 11 is 0. The zero-order chi connectivity index (χ0) is 9.07. The summed E-state index contributed by atoms with van der Waals surface area (Å²) in [6.07, 6.45) is 14.0. The summed E-state index contributed by atoms with van der Waals surface area (Å²) in [5.41, 5.74) is 0. The van der Waals surface area contributed by atoms with Crippen LogP contribution in [-0.4, -0.2) is 13.6 Å². The van der Waals surface area contributed by atoms with Crippen LogP contribution >= 0.6 is 0 Å². The van der Waals surface area contributed by atoms with Gasteiger partial charge in [0, 0.05) is 6.42 Å². The van der Waals surface area contributed by atoms with Crippen LogP contribution in [0.5, 0.6) is 0 Å². The first-order valence-electron chi connectivity index (χ1n) is 5.00. The Bertz CT molecular complexity index is 113. The van der Waals surface area contributed by atoms with Crippen molar-refractivity contribution in [1.82, 2.24) is 5.32 Å². The lowest BCUT2D eigenvalue weighted by atomic mass is 10.1. The van der Waals surface area contributed by atoms with Gasteiger partial charge in [0.2, 0.25) is 0 Å². The maximum Gasteiger partial charge on any atom is 0.00860 e. The van der Waals surface area contributed by atoms with E-state index in [0.717, 1.165) is 13.0 Å². The molecule has 0 aliphatic carbocycles. The maximum absolute atomic E-state index is 5.15. The Kier molecular flexibility index (Phi) is 10.1. The van der Waals surface area contributed by atoms with Gasteiger partial charge in [-0.2, -0.15) is 0 Å². The van der Waals surface area contributed by atoms with Gasteiger partial charge in [0.1, 0.15) is 0 Å². The summed E-state index contributed by atoms with van der Waals surface area (Å²) in [7, 11) is 2.01. The van der Waals surface area contributed by atoms with E-state index in [-0.39, 0.29) is 0 Å². The average molecular weight is 167 g/mol. The van der Waals surface area contributed by atoms with Crippen molar-refractivity contribution in [3.05, 3.63) is 0 Å². The monoisotopic (exact) mass is 167 g/mol. The zero-order valence-corrected chi connectivity index (χ0v) is 8.23. The molecule has 1 nitrogen and oxygen atoms in total. The summed E-state index contributed by atoms with van der Waals surface area (Å²) < 4.78 is 0. The molecule has 1 N–H and O–H groups in total. The van der Waals surface area contributed by atoms with Crippen molar-refractivity contribution in [3.63, 3.8) is 0 Å². The highest BCUT2D eigenvalue weighted by Gasteiger charge is 1.89. The SMILES string of the molecule is C#CCCCCCCCCNC. The topological polar surface area (TPSA) is 12.0 Å². The van der Waals surface area contributed by atoms with Crippen molar-refractivity contribution in [1.29, 1.82) is 0 Å². The molecule has 0 amide bonds. The Morgan fingerprint density at radius 1 is 1.00 bits per heavy atom. The molecule has 1 heteroatoms. The third-order valence-corrected chi connectivity index (χ3v) is 2.00. The van der Waals surface area contributed by atoms with Crippen LogP contribution in [0.4, 0.5) is 0 Å². The summed E-state index contributed by atoms with van der Waals surface area (Å²) in [4.78, 5) is 0. The fraction of sp³-hybridized carbons (Fsp3) is 0.818. The van der Waals surface area contributed by atoms with Crippen LogP contribution in [0.15, 0.2) is 0 Å². The van der Waals surface area contributed by atoms with E-state index < -0.39 is 0 Å². The zero-order valence-electron chi connectivity index (χ0n) is 8.23. The van der Waals surface area contributed by atoms with E-state index in [9.17, 15) is 0 Å². The standard InChI is InChI=1S/C11H21N/c1-3-4-5-6-7-8-9-10-11-12-2/h1,12H,4-11H2,2H3. The Balaban J connectivity index is 2.78. The van der Waals surface area contributed by atoms with Crippen LogP contribution < -0.4 is 5.32 Å². The quantitative estimate of drug-likeness (QED) is 0.433. The molecule has 0 aromatic rings. The second-order valence-corrected chi connectivity index (χ2v) is 3.18. The van der Waals surface area contributed by atoms with Crippen molar-refractivity contribution in [2.24, 2.45) is 0 Å². The van der Waals surface area contributed by atoms with Gasteiger partial charge in [-0.3, -0.25) is 0 Å². The highest BCUT2D eigenvalue weighted by Crippen LogP contribution is 2.05. The number of hydrogen-bond donors (Lipinski definition) is 1. The third kappa shape index (κ3) is 9.52. The first kappa shape index (κ1) is 11.5. The second kappa shape index (κ2) is 10.5. The molecule has 0 atom stereocenters. The first-order valence-corrected chi connectivity index (χ1v) is 5.00. The van der Waals surface area contributed by atoms with Gasteiger partial charge in [-0.15, -0.1) is 12.3 Å². The third-order valence-electron chi connectivity index (χ3n) is 2.00. The van der Waals surface area contributed by atoms with Gasteiger partial charge >= 0.3 is 0 Å². The first-order chi connectivity index (χ1) is 5.91. The molecule has 0 aromatic carbocycles. The molecule has 0 aliphatic rings. The van der Waals surface area contributed by atoms with Crippen LogP contribution in [0.3, 0.4) is 0 Å². The highest BCUT2D eigenvalue weighted by molar-refractivity contribution is 4.82. The van der Waals surface area contributed by atoms with E-state index in [1.54, 1.807) is 0 Å². The molecule has 0 bridgehead atoms.